The number of aromatic hydroxyl groups is 1. The van der Waals surface area contributed by atoms with Crippen molar-refractivity contribution in [1.82, 2.24) is 10.2 Å². The van der Waals surface area contributed by atoms with E-state index < -0.39 is 0 Å². The van der Waals surface area contributed by atoms with Crippen molar-refractivity contribution in [3.8, 4) is 11.5 Å². The molecule has 0 unspecified atom stereocenters. The maximum absolute atomic E-state index is 9.51. The molecule has 2 aromatic carbocycles. The number of para-hydroxylation sites is 1. The number of benzene rings is 2. The van der Waals surface area contributed by atoms with Crippen molar-refractivity contribution >= 4 is 5.96 Å². The minimum absolute atomic E-state index is 0.295. The molecule has 5 nitrogen and oxygen atoms in total. The van der Waals surface area contributed by atoms with Gasteiger partial charge in [-0.05, 0) is 43.2 Å². The van der Waals surface area contributed by atoms with Gasteiger partial charge in [0.1, 0.15) is 18.1 Å². The van der Waals surface area contributed by atoms with E-state index in [9.17, 15) is 5.11 Å². The van der Waals surface area contributed by atoms with E-state index in [2.05, 4.69) is 22.1 Å². The summed E-state index contributed by atoms with van der Waals surface area (Å²) < 4.78 is 5.74. The summed E-state index contributed by atoms with van der Waals surface area (Å²) >= 11 is 0. The minimum atomic E-state index is 0.295. The number of ether oxygens (including phenoxy) is 1. The Bertz CT molecular complexity index is 659. The molecule has 2 aromatic rings. The first-order valence-corrected chi connectivity index (χ1v) is 8.64. The van der Waals surface area contributed by atoms with E-state index in [-0.39, 0.29) is 0 Å². The Kier molecular flexibility index (Phi) is 7.63. The van der Waals surface area contributed by atoms with Gasteiger partial charge in [-0.3, -0.25) is 4.99 Å². The summed E-state index contributed by atoms with van der Waals surface area (Å²) in [5, 5.41) is 12.8. The number of nitrogens with one attached hydrogen (secondary N) is 1. The van der Waals surface area contributed by atoms with Crippen LogP contribution in [0, 0.1) is 0 Å². The second-order valence-electron chi connectivity index (χ2n) is 5.74. The number of phenolic OH excluding ortho intramolecular Hbond substituents is 1. The average molecular weight is 341 g/mol. The third kappa shape index (κ3) is 6.75. The first-order valence-electron chi connectivity index (χ1n) is 8.64. The summed E-state index contributed by atoms with van der Waals surface area (Å²) in [6.45, 7) is 4.87. The Morgan fingerprint density at radius 2 is 1.96 bits per heavy atom. The molecule has 5 heteroatoms. The van der Waals surface area contributed by atoms with E-state index in [0.29, 0.717) is 18.9 Å². The van der Waals surface area contributed by atoms with Crippen molar-refractivity contribution in [2.75, 3.05) is 33.3 Å². The van der Waals surface area contributed by atoms with Crippen molar-refractivity contribution in [3.63, 3.8) is 0 Å². The highest BCUT2D eigenvalue weighted by Gasteiger charge is 2.05. The fourth-order valence-corrected chi connectivity index (χ4v) is 2.40. The molecular formula is C20H27N3O2. The number of hydrogen-bond donors (Lipinski definition) is 2. The number of aliphatic imine (C=N–C) groups is 1. The molecular weight excluding hydrogens is 314 g/mol. The molecule has 0 aliphatic carbocycles. The van der Waals surface area contributed by atoms with Crippen molar-refractivity contribution in [3.05, 3.63) is 60.2 Å². The molecule has 0 aliphatic heterocycles. The second-order valence-corrected chi connectivity index (χ2v) is 5.74. The van der Waals surface area contributed by atoms with E-state index in [1.165, 1.54) is 0 Å². The fraction of sp³-hybridized carbons (Fsp3) is 0.350. The van der Waals surface area contributed by atoms with Crippen molar-refractivity contribution < 1.29 is 9.84 Å². The summed E-state index contributed by atoms with van der Waals surface area (Å²) in [6, 6.07) is 17.1. The normalized spacial score (nSPS) is 11.2. The zero-order valence-corrected chi connectivity index (χ0v) is 15.0. The van der Waals surface area contributed by atoms with Crippen LogP contribution in [0.1, 0.15) is 12.5 Å². The molecule has 2 rings (SSSR count). The Morgan fingerprint density at radius 3 is 2.68 bits per heavy atom. The van der Waals surface area contributed by atoms with Gasteiger partial charge in [0.2, 0.25) is 0 Å². The molecule has 0 aromatic heterocycles. The standard InChI is InChI=1S/C20H27N3O2/c1-3-21-20(22-13-12-17-8-7-9-18(24)16-17)23(2)14-15-25-19-10-5-4-6-11-19/h4-11,16,24H,3,12-15H2,1-2H3,(H,21,22). The van der Waals surface area contributed by atoms with Crippen LogP contribution in [0.2, 0.25) is 0 Å². The summed E-state index contributed by atoms with van der Waals surface area (Å²) in [7, 11) is 2.00. The molecule has 0 spiro atoms. The molecule has 0 fully saturated rings. The molecule has 0 amide bonds. The molecule has 25 heavy (non-hydrogen) atoms. The number of guanidine groups is 1. The van der Waals surface area contributed by atoms with E-state index >= 15 is 0 Å². The predicted molar refractivity (Wildman–Crippen MR) is 102 cm³/mol. The lowest BCUT2D eigenvalue weighted by Gasteiger charge is -2.22. The Hall–Kier alpha value is -2.69. The molecule has 2 N–H and O–H groups in total. The smallest absolute Gasteiger partial charge is 0.193 e. The molecule has 0 bridgehead atoms. The van der Waals surface area contributed by atoms with Crippen LogP contribution in [0.3, 0.4) is 0 Å². The minimum Gasteiger partial charge on any atom is -0.508 e. The topological polar surface area (TPSA) is 57.1 Å². The lowest BCUT2D eigenvalue weighted by atomic mass is 10.1. The molecule has 0 aliphatic rings. The monoisotopic (exact) mass is 341 g/mol. The predicted octanol–water partition coefficient (Wildman–Crippen LogP) is 2.91. The van der Waals surface area contributed by atoms with E-state index in [4.69, 9.17) is 4.74 Å². The maximum Gasteiger partial charge on any atom is 0.193 e. The second kappa shape index (κ2) is 10.2. The van der Waals surface area contributed by atoms with Gasteiger partial charge in [0.05, 0.1) is 6.54 Å². The Morgan fingerprint density at radius 1 is 1.16 bits per heavy atom. The highest BCUT2D eigenvalue weighted by Crippen LogP contribution is 2.11. The summed E-state index contributed by atoms with van der Waals surface area (Å²) in [6.07, 6.45) is 0.789. The Labute approximate surface area is 150 Å². The SMILES string of the molecule is CCNC(=NCCc1cccc(O)c1)N(C)CCOc1ccccc1. The molecule has 0 radical (unpaired) electrons. The highest BCUT2D eigenvalue weighted by molar-refractivity contribution is 5.79. The first-order chi connectivity index (χ1) is 12.2. The third-order valence-electron chi connectivity index (χ3n) is 3.71. The van der Waals surface area contributed by atoms with Crippen LogP contribution in [-0.4, -0.2) is 49.3 Å². The number of likely N-dealkylation sites (N-methyl/N-ethyl adjacent to an activating group) is 1. The van der Waals surface area contributed by atoms with Crippen molar-refractivity contribution in [1.29, 1.82) is 0 Å². The number of hydrogen-bond acceptors (Lipinski definition) is 3. The van der Waals surface area contributed by atoms with Gasteiger partial charge < -0.3 is 20.1 Å². The van der Waals surface area contributed by atoms with E-state index in [0.717, 1.165) is 36.8 Å². The molecule has 0 heterocycles. The summed E-state index contributed by atoms with van der Waals surface area (Å²) in [5.74, 6) is 2.03. The number of phenols is 1. The first kappa shape index (κ1) is 18.6. The van der Waals surface area contributed by atoms with Gasteiger partial charge in [0, 0.05) is 20.1 Å². The van der Waals surface area contributed by atoms with Crippen LogP contribution in [0.4, 0.5) is 0 Å². The van der Waals surface area contributed by atoms with Gasteiger partial charge in [-0.1, -0.05) is 30.3 Å². The van der Waals surface area contributed by atoms with Gasteiger partial charge in [0.25, 0.3) is 0 Å². The van der Waals surface area contributed by atoms with Gasteiger partial charge in [-0.15, -0.1) is 0 Å². The lowest BCUT2D eigenvalue weighted by Crippen LogP contribution is -2.41. The zero-order valence-electron chi connectivity index (χ0n) is 15.0. The van der Waals surface area contributed by atoms with Crippen LogP contribution in [0.5, 0.6) is 11.5 Å². The molecule has 0 atom stereocenters. The largest absolute Gasteiger partial charge is 0.508 e. The Balaban J connectivity index is 1.82. The number of rotatable bonds is 8. The van der Waals surface area contributed by atoms with Gasteiger partial charge in [0.15, 0.2) is 5.96 Å². The van der Waals surface area contributed by atoms with Crippen LogP contribution in [-0.2, 0) is 6.42 Å². The van der Waals surface area contributed by atoms with Crippen LogP contribution >= 0.6 is 0 Å². The quantitative estimate of drug-likeness (QED) is 0.573. The highest BCUT2D eigenvalue weighted by atomic mass is 16.5. The van der Waals surface area contributed by atoms with Crippen molar-refractivity contribution in [2.45, 2.75) is 13.3 Å². The summed E-state index contributed by atoms with van der Waals surface area (Å²) in [5.41, 5.74) is 1.08. The van der Waals surface area contributed by atoms with Crippen LogP contribution in [0.25, 0.3) is 0 Å². The van der Waals surface area contributed by atoms with Gasteiger partial charge in [-0.25, -0.2) is 0 Å². The van der Waals surface area contributed by atoms with Gasteiger partial charge in [-0.2, -0.15) is 0 Å². The average Bonchev–Trinajstić information content (AvgIpc) is 2.62. The molecule has 0 saturated carbocycles. The molecule has 134 valence electrons. The number of nitrogens with zero attached hydrogens (tertiary/aromatic N) is 2. The summed E-state index contributed by atoms with van der Waals surface area (Å²) in [4.78, 5) is 6.72. The van der Waals surface area contributed by atoms with Crippen molar-refractivity contribution in [2.24, 2.45) is 4.99 Å². The zero-order chi connectivity index (χ0) is 17.9. The third-order valence-corrected chi connectivity index (χ3v) is 3.71. The van der Waals surface area contributed by atoms with Crippen LogP contribution in [0.15, 0.2) is 59.6 Å². The lowest BCUT2D eigenvalue weighted by molar-refractivity contribution is 0.281. The van der Waals surface area contributed by atoms with Gasteiger partial charge >= 0.3 is 0 Å². The van der Waals surface area contributed by atoms with E-state index in [1.807, 2.05) is 49.5 Å². The maximum atomic E-state index is 9.51. The van der Waals surface area contributed by atoms with E-state index in [1.54, 1.807) is 12.1 Å². The molecule has 0 saturated heterocycles. The van der Waals surface area contributed by atoms with Crippen LogP contribution < -0.4 is 10.1 Å². The fourth-order valence-electron chi connectivity index (χ4n) is 2.40.